The molecular weight excluding hydrogens is 203 g/mol. The molecule has 1 heterocycles. The molecule has 0 bridgehead atoms. The van der Waals surface area contributed by atoms with Crippen LogP contribution in [0.2, 0.25) is 0 Å². The van der Waals surface area contributed by atoms with Crippen molar-refractivity contribution in [3.63, 3.8) is 0 Å². The Morgan fingerprint density at radius 1 is 1.31 bits per heavy atom. The minimum atomic E-state index is -0.0734. The Morgan fingerprint density at radius 3 is 2.75 bits per heavy atom. The summed E-state index contributed by atoms with van der Waals surface area (Å²) in [5.74, 6) is -0.0734. The van der Waals surface area contributed by atoms with Gasteiger partial charge in [-0.2, -0.15) is 0 Å². The highest BCUT2D eigenvalue weighted by molar-refractivity contribution is 5.25. The maximum absolute atomic E-state index is 13.6. The molecule has 88 valence electrons. The van der Waals surface area contributed by atoms with Crippen LogP contribution >= 0.6 is 0 Å². The number of nitrogens with one attached hydrogen (secondary N) is 1. The minimum absolute atomic E-state index is 0.0734. The van der Waals surface area contributed by atoms with Gasteiger partial charge in [0.05, 0.1) is 0 Å². The third-order valence-electron chi connectivity index (χ3n) is 3.12. The van der Waals surface area contributed by atoms with Crippen LogP contribution in [0.4, 0.5) is 4.39 Å². The fourth-order valence-electron chi connectivity index (χ4n) is 2.08. The zero-order valence-electron chi connectivity index (χ0n) is 9.80. The number of hydrogen-bond acceptors (Lipinski definition) is 2. The van der Waals surface area contributed by atoms with Crippen molar-refractivity contribution in [1.29, 1.82) is 0 Å². The highest BCUT2D eigenvalue weighted by atomic mass is 19.1. The lowest BCUT2D eigenvalue weighted by Crippen LogP contribution is -2.43. The highest BCUT2D eigenvalue weighted by Crippen LogP contribution is 2.14. The second kappa shape index (κ2) is 5.41. The Balaban J connectivity index is 2.06. The first-order chi connectivity index (χ1) is 7.79. The van der Waals surface area contributed by atoms with Gasteiger partial charge >= 0.3 is 0 Å². The predicted molar refractivity (Wildman–Crippen MR) is 63.9 cm³/mol. The zero-order valence-corrected chi connectivity index (χ0v) is 9.80. The number of rotatable bonds is 3. The fourth-order valence-corrected chi connectivity index (χ4v) is 2.08. The standard InChI is InChI=1S/C13H19FN2/c1-2-11-3-4-13(14)12(9-11)10-16-7-5-15-6-8-16/h3-4,9,15H,2,5-8,10H2,1H3. The lowest BCUT2D eigenvalue weighted by molar-refractivity contribution is 0.230. The lowest BCUT2D eigenvalue weighted by atomic mass is 10.1. The van der Waals surface area contributed by atoms with Crippen molar-refractivity contribution in [2.24, 2.45) is 0 Å². The van der Waals surface area contributed by atoms with E-state index in [1.807, 2.05) is 12.1 Å². The molecule has 0 saturated carbocycles. The van der Waals surface area contributed by atoms with Crippen LogP contribution < -0.4 is 5.32 Å². The van der Waals surface area contributed by atoms with Gasteiger partial charge in [0.15, 0.2) is 0 Å². The molecule has 16 heavy (non-hydrogen) atoms. The van der Waals surface area contributed by atoms with Gasteiger partial charge in [0.2, 0.25) is 0 Å². The number of aryl methyl sites for hydroxylation is 1. The Morgan fingerprint density at radius 2 is 2.06 bits per heavy atom. The first-order valence-corrected chi connectivity index (χ1v) is 6.00. The topological polar surface area (TPSA) is 15.3 Å². The summed E-state index contributed by atoms with van der Waals surface area (Å²) in [6, 6.07) is 5.46. The van der Waals surface area contributed by atoms with Crippen LogP contribution in [0.3, 0.4) is 0 Å². The van der Waals surface area contributed by atoms with Crippen molar-refractivity contribution in [3.8, 4) is 0 Å². The molecular formula is C13H19FN2. The predicted octanol–water partition coefficient (Wildman–Crippen LogP) is 1.79. The van der Waals surface area contributed by atoms with E-state index in [-0.39, 0.29) is 5.82 Å². The third kappa shape index (κ3) is 2.80. The monoisotopic (exact) mass is 222 g/mol. The molecule has 1 aromatic carbocycles. The molecule has 1 N–H and O–H groups in total. The molecule has 0 radical (unpaired) electrons. The van der Waals surface area contributed by atoms with Gasteiger partial charge in [0.1, 0.15) is 5.82 Å². The summed E-state index contributed by atoms with van der Waals surface area (Å²) in [7, 11) is 0. The van der Waals surface area contributed by atoms with Gasteiger partial charge in [0.25, 0.3) is 0 Å². The first kappa shape index (κ1) is 11.6. The smallest absolute Gasteiger partial charge is 0.127 e. The van der Waals surface area contributed by atoms with Gasteiger partial charge in [-0.25, -0.2) is 4.39 Å². The van der Waals surface area contributed by atoms with Gasteiger partial charge in [-0.3, -0.25) is 4.90 Å². The third-order valence-corrected chi connectivity index (χ3v) is 3.12. The van der Waals surface area contributed by atoms with Crippen molar-refractivity contribution >= 4 is 0 Å². The molecule has 3 heteroatoms. The first-order valence-electron chi connectivity index (χ1n) is 6.00. The van der Waals surface area contributed by atoms with Crippen LogP contribution in [0.15, 0.2) is 18.2 Å². The van der Waals surface area contributed by atoms with Crippen LogP contribution in [-0.2, 0) is 13.0 Å². The summed E-state index contributed by atoms with van der Waals surface area (Å²) in [5.41, 5.74) is 2.05. The molecule has 0 aromatic heterocycles. The van der Waals surface area contributed by atoms with Crippen LogP contribution in [0, 0.1) is 5.82 Å². The van der Waals surface area contributed by atoms with E-state index in [0.717, 1.165) is 44.7 Å². The molecule has 1 aliphatic heterocycles. The van der Waals surface area contributed by atoms with E-state index in [9.17, 15) is 4.39 Å². The van der Waals surface area contributed by atoms with E-state index in [0.29, 0.717) is 0 Å². The van der Waals surface area contributed by atoms with Crippen LogP contribution in [0.5, 0.6) is 0 Å². The van der Waals surface area contributed by atoms with E-state index in [1.54, 1.807) is 6.07 Å². The zero-order chi connectivity index (χ0) is 11.4. The molecule has 0 amide bonds. The SMILES string of the molecule is CCc1ccc(F)c(CN2CCNCC2)c1. The van der Waals surface area contributed by atoms with Gasteiger partial charge in [0, 0.05) is 38.3 Å². The Hall–Kier alpha value is -0.930. The summed E-state index contributed by atoms with van der Waals surface area (Å²) >= 11 is 0. The van der Waals surface area contributed by atoms with Gasteiger partial charge < -0.3 is 5.32 Å². The molecule has 2 nitrogen and oxygen atoms in total. The van der Waals surface area contributed by atoms with E-state index in [2.05, 4.69) is 17.1 Å². The Kier molecular flexibility index (Phi) is 3.91. The maximum atomic E-state index is 13.6. The minimum Gasteiger partial charge on any atom is -0.314 e. The van der Waals surface area contributed by atoms with Gasteiger partial charge in [-0.1, -0.05) is 19.1 Å². The second-order valence-electron chi connectivity index (χ2n) is 4.31. The molecule has 0 atom stereocenters. The number of piperazine rings is 1. The fraction of sp³-hybridized carbons (Fsp3) is 0.538. The summed E-state index contributed by atoms with van der Waals surface area (Å²) in [4.78, 5) is 2.30. The second-order valence-corrected chi connectivity index (χ2v) is 4.31. The van der Waals surface area contributed by atoms with Crippen LogP contribution in [0.1, 0.15) is 18.1 Å². The summed E-state index contributed by atoms with van der Waals surface area (Å²) in [5, 5.41) is 3.30. The number of benzene rings is 1. The van der Waals surface area contributed by atoms with Crippen molar-refractivity contribution < 1.29 is 4.39 Å². The molecule has 0 aliphatic carbocycles. The maximum Gasteiger partial charge on any atom is 0.127 e. The van der Waals surface area contributed by atoms with Crippen molar-refractivity contribution in [3.05, 3.63) is 35.1 Å². The summed E-state index contributed by atoms with van der Waals surface area (Å²) < 4.78 is 13.6. The summed E-state index contributed by atoms with van der Waals surface area (Å²) in [6.07, 6.45) is 0.967. The average molecular weight is 222 g/mol. The average Bonchev–Trinajstić information content (AvgIpc) is 2.33. The quantitative estimate of drug-likeness (QED) is 0.839. The van der Waals surface area contributed by atoms with E-state index in [4.69, 9.17) is 0 Å². The number of halogens is 1. The Labute approximate surface area is 96.5 Å². The van der Waals surface area contributed by atoms with E-state index in [1.165, 1.54) is 5.56 Å². The van der Waals surface area contributed by atoms with Crippen LogP contribution in [-0.4, -0.2) is 31.1 Å². The van der Waals surface area contributed by atoms with Crippen LogP contribution in [0.25, 0.3) is 0 Å². The van der Waals surface area contributed by atoms with Gasteiger partial charge in [-0.15, -0.1) is 0 Å². The number of nitrogens with zero attached hydrogens (tertiary/aromatic N) is 1. The normalized spacial score (nSPS) is 17.6. The molecule has 2 rings (SSSR count). The van der Waals surface area contributed by atoms with Gasteiger partial charge in [-0.05, 0) is 18.1 Å². The molecule has 1 aliphatic rings. The molecule has 1 aromatic rings. The molecule has 1 saturated heterocycles. The lowest BCUT2D eigenvalue weighted by Gasteiger charge is -2.27. The van der Waals surface area contributed by atoms with Crippen molar-refractivity contribution in [2.75, 3.05) is 26.2 Å². The number of hydrogen-bond donors (Lipinski definition) is 1. The molecule has 1 fully saturated rings. The molecule has 0 unspecified atom stereocenters. The Bertz CT molecular complexity index is 346. The highest BCUT2D eigenvalue weighted by Gasteiger charge is 2.12. The van der Waals surface area contributed by atoms with Crippen molar-refractivity contribution in [1.82, 2.24) is 10.2 Å². The van der Waals surface area contributed by atoms with Crippen molar-refractivity contribution in [2.45, 2.75) is 19.9 Å². The largest absolute Gasteiger partial charge is 0.314 e. The molecule has 0 spiro atoms. The van der Waals surface area contributed by atoms with E-state index >= 15 is 0 Å². The summed E-state index contributed by atoms with van der Waals surface area (Å²) in [6.45, 7) is 6.87. The van der Waals surface area contributed by atoms with E-state index < -0.39 is 0 Å².